The summed E-state index contributed by atoms with van der Waals surface area (Å²) >= 11 is 0. The van der Waals surface area contributed by atoms with Gasteiger partial charge in [-0.05, 0) is 24.6 Å². The first kappa shape index (κ1) is 13.3. The van der Waals surface area contributed by atoms with E-state index in [1.54, 1.807) is 11.8 Å². The SMILES string of the molecule is CCOc1cc(CNc2ccn(C)n2)ccc1OC. The summed E-state index contributed by atoms with van der Waals surface area (Å²) in [5.41, 5.74) is 1.12. The third-order valence-electron chi connectivity index (χ3n) is 2.72. The van der Waals surface area contributed by atoms with E-state index in [2.05, 4.69) is 10.4 Å². The molecule has 1 N–H and O–H groups in total. The lowest BCUT2D eigenvalue weighted by Gasteiger charge is -2.11. The van der Waals surface area contributed by atoms with Gasteiger partial charge in [-0.3, -0.25) is 4.68 Å². The molecule has 0 radical (unpaired) electrons. The molecule has 0 saturated heterocycles. The normalized spacial score (nSPS) is 10.3. The van der Waals surface area contributed by atoms with E-state index in [1.807, 2.05) is 44.4 Å². The lowest BCUT2D eigenvalue weighted by atomic mass is 10.2. The van der Waals surface area contributed by atoms with Gasteiger partial charge in [0.1, 0.15) is 5.82 Å². The molecule has 0 amide bonds. The van der Waals surface area contributed by atoms with Crippen molar-refractivity contribution in [2.45, 2.75) is 13.5 Å². The maximum Gasteiger partial charge on any atom is 0.161 e. The highest BCUT2D eigenvalue weighted by atomic mass is 16.5. The third kappa shape index (κ3) is 3.40. The summed E-state index contributed by atoms with van der Waals surface area (Å²) in [7, 11) is 3.54. The van der Waals surface area contributed by atoms with Gasteiger partial charge in [-0.25, -0.2) is 0 Å². The number of hydrogen-bond donors (Lipinski definition) is 1. The molecule has 5 heteroatoms. The second kappa shape index (κ2) is 6.13. The van der Waals surface area contributed by atoms with Gasteiger partial charge in [0.25, 0.3) is 0 Å². The van der Waals surface area contributed by atoms with E-state index in [0.717, 1.165) is 22.9 Å². The van der Waals surface area contributed by atoms with Crippen molar-refractivity contribution in [3.63, 3.8) is 0 Å². The van der Waals surface area contributed by atoms with Crippen LogP contribution in [0.1, 0.15) is 12.5 Å². The van der Waals surface area contributed by atoms with Crippen LogP contribution in [0.2, 0.25) is 0 Å². The van der Waals surface area contributed by atoms with Crippen molar-refractivity contribution in [3.8, 4) is 11.5 Å². The van der Waals surface area contributed by atoms with Gasteiger partial charge in [-0.2, -0.15) is 5.10 Å². The van der Waals surface area contributed by atoms with Crippen molar-refractivity contribution in [2.75, 3.05) is 19.0 Å². The number of benzene rings is 1. The molecule has 0 aliphatic heterocycles. The largest absolute Gasteiger partial charge is 0.493 e. The van der Waals surface area contributed by atoms with E-state index in [0.29, 0.717) is 13.2 Å². The Labute approximate surface area is 113 Å². The minimum Gasteiger partial charge on any atom is -0.493 e. The number of aromatic nitrogens is 2. The van der Waals surface area contributed by atoms with Gasteiger partial charge in [-0.1, -0.05) is 6.07 Å². The first-order valence-electron chi connectivity index (χ1n) is 6.26. The molecule has 2 aromatic rings. The Morgan fingerprint density at radius 1 is 1.26 bits per heavy atom. The molecule has 5 nitrogen and oxygen atoms in total. The lowest BCUT2D eigenvalue weighted by molar-refractivity contribution is 0.310. The molecular weight excluding hydrogens is 242 g/mol. The molecule has 0 unspecified atom stereocenters. The Hall–Kier alpha value is -2.17. The standard InChI is InChI=1S/C14H19N3O2/c1-4-19-13-9-11(5-6-12(13)18-3)10-15-14-7-8-17(2)16-14/h5-9H,4,10H2,1-3H3,(H,15,16). The van der Waals surface area contributed by atoms with Crippen LogP contribution in [0.5, 0.6) is 11.5 Å². The second-order valence-corrected chi connectivity index (χ2v) is 4.15. The predicted molar refractivity (Wildman–Crippen MR) is 74.7 cm³/mol. The van der Waals surface area contributed by atoms with Gasteiger partial charge in [-0.15, -0.1) is 0 Å². The van der Waals surface area contributed by atoms with E-state index in [4.69, 9.17) is 9.47 Å². The van der Waals surface area contributed by atoms with Gasteiger partial charge in [0.2, 0.25) is 0 Å². The maximum absolute atomic E-state index is 5.55. The molecule has 1 heterocycles. The Morgan fingerprint density at radius 3 is 2.74 bits per heavy atom. The maximum atomic E-state index is 5.55. The zero-order chi connectivity index (χ0) is 13.7. The molecular formula is C14H19N3O2. The van der Waals surface area contributed by atoms with Gasteiger partial charge in [0.15, 0.2) is 11.5 Å². The van der Waals surface area contributed by atoms with Crippen molar-refractivity contribution in [1.82, 2.24) is 9.78 Å². The highest BCUT2D eigenvalue weighted by molar-refractivity contribution is 5.44. The Kier molecular flexibility index (Phi) is 4.28. The fraction of sp³-hybridized carbons (Fsp3) is 0.357. The third-order valence-corrected chi connectivity index (χ3v) is 2.72. The molecule has 1 aromatic heterocycles. The van der Waals surface area contributed by atoms with Gasteiger partial charge < -0.3 is 14.8 Å². The lowest BCUT2D eigenvalue weighted by Crippen LogP contribution is -2.02. The van der Waals surface area contributed by atoms with Crippen LogP contribution in [0.3, 0.4) is 0 Å². The Bertz CT molecular complexity index is 537. The van der Waals surface area contributed by atoms with Gasteiger partial charge in [0.05, 0.1) is 13.7 Å². The minimum absolute atomic E-state index is 0.619. The smallest absolute Gasteiger partial charge is 0.161 e. The number of nitrogens with one attached hydrogen (secondary N) is 1. The summed E-state index contributed by atoms with van der Waals surface area (Å²) in [5, 5.41) is 7.53. The van der Waals surface area contributed by atoms with Crippen LogP contribution in [0, 0.1) is 0 Å². The van der Waals surface area contributed by atoms with E-state index < -0.39 is 0 Å². The van der Waals surface area contributed by atoms with Crippen molar-refractivity contribution < 1.29 is 9.47 Å². The number of rotatable bonds is 6. The average Bonchev–Trinajstić information content (AvgIpc) is 2.83. The van der Waals surface area contributed by atoms with Crippen LogP contribution < -0.4 is 14.8 Å². The average molecular weight is 261 g/mol. The minimum atomic E-state index is 0.619. The predicted octanol–water partition coefficient (Wildman–Crippen LogP) is 2.44. The molecule has 0 aliphatic rings. The molecule has 1 aromatic carbocycles. The van der Waals surface area contributed by atoms with E-state index in [9.17, 15) is 0 Å². The molecule has 0 aliphatic carbocycles. The second-order valence-electron chi connectivity index (χ2n) is 4.15. The number of nitrogens with zero attached hydrogens (tertiary/aromatic N) is 2. The van der Waals surface area contributed by atoms with Crippen LogP contribution >= 0.6 is 0 Å². The zero-order valence-corrected chi connectivity index (χ0v) is 11.5. The van der Waals surface area contributed by atoms with Crippen molar-refractivity contribution in [2.24, 2.45) is 7.05 Å². The monoisotopic (exact) mass is 261 g/mol. The topological polar surface area (TPSA) is 48.3 Å². The Balaban J connectivity index is 2.05. The number of hydrogen-bond acceptors (Lipinski definition) is 4. The highest BCUT2D eigenvalue weighted by Gasteiger charge is 2.05. The highest BCUT2D eigenvalue weighted by Crippen LogP contribution is 2.28. The summed E-state index contributed by atoms with van der Waals surface area (Å²) in [6, 6.07) is 7.85. The van der Waals surface area contributed by atoms with Crippen molar-refractivity contribution in [3.05, 3.63) is 36.0 Å². The van der Waals surface area contributed by atoms with E-state index >= 15 is 0 Å². The van der Waals surface area contributed by atoms with Crippen LogP contribution in [-0.4, -0.2) is 23.5 Å². The molecule has 0 saturated carbocycles. The zero-order valence-electron chi connectivity index (χ0n) is 11.5. The quantitative estimate of drug-likeness (QED) is 0.867. The summed E-state index contributed by atoms with van der Waals surface area (Å²) in [4.78, 5) is 0. The first-order chi connectivity index (χ1) is 9.22. The van der Waals surface area contributed by atoms with Crippen molar-refractivity contribution >= 4 is 5.82 Å². The molecule has 2 rings (SSSR count). The fourth-order valence-electron chi connectivity index (χ4n) is 1.80. The number of aryl methyl sites for hydroxylation is 1. The number of ether oxygens (including phenoxy) is 2. The number of anilines is 1. The van der Waals surface area contributed by atoms with Gasteiger partial charge >= 0.3 is 0 Å². The van der Waals surface area contributed by atoms with Crippen LogP contribution in [0.25, 0.3) is 0 Å². The van der Waals surface area contributed by atoms with Gasteiger partial charge in [0, 0.05) is 25.9 Å². The van der Waals surface area contributed by atoms with Crippen LogP contribution in [0.4, 0.5) is 5.82 Å². The number of methoxy groups -OCH3 is 1. The van der Waals surface area contributed by atoms with Crippen molar-refractivity contribution in [1.29, 1.82) is 0 Å². The molecule has 19 heavy (non-hydrogen) atoms. The molecule has 0 atom stereocenters. The van der Waals surface area contributed by atoms with Crippen LogP contribution in [-0.2, 0) is 13.6 Å². The molecule has 102 valence electrons. The molecule has 0 bridgehead atoms. The summed E-state index contributed by atoms with van der Waals surface area (Å²) in [6.07, 6.45) is 1.90. The fourth-order valence-corrected chi connectivity index (χ4v) is 1.80. The Morgan fingerprint density at radius 2 is 2.11 bits per heavy atom. The van der Waals surface area contributed by atoms with E-state index in [-0.39, 0.29) is 0 Å². The van der Waals surface area contributed by atoms with Crippen LogP contribution in [0.15, 0.2) is 30.5 Å². The summed E-state index contributed by atoms with van der Waals surface area (Å²) in [6.45, 7) is 3.27. The summed E-state index contributed by atoms with van der Waals surface area (Å²) in [5.74, 6) is 2.38. The van der Waals surface area contributed by atoms with E-state index in [1.165, 1.54) is 0 Å². The molecule has 0 spiro atoms. The molecule has 0 fully saturated rings. The summed E-state index contributed by atoms with van der Waals surface area (Å²) < 4.78 is 12.6. The first-order valence-corrected chi connectivity index (χ1v) is 6.26.